The average Bonchev–Trinajstić information content (AvgIpc) is 2.49. The Labute approximate surface area is 135 Å². The first-order valence-electron chi connectivity index (χ1n) is 8.71. The Hall–Kier alpha value is -1.32. The Morgan fingerprint density at radius 1 is 0.955 bits per heavy atom. The summed E-state index contributed by atoms with van der Waals surface area (Å²) in [7, 11) is 1.63. The summed E-state index contributed by atoms with van der Waals surface area (Å²) in [6.45, 7) is 2.50. The van der Waals surface area contributed by atoms with Crippen molar-refractivity contribution in [3.63, 3.8) is 0 Å². The van der Waals surface area contributed by atoms with Gasteiger partial charge < -0.3 is 10.0 Å². The molecular weight excluding hydrogens is 278 g/mol. The Morgan fingerprint density at radius 2 is 1.50 bits per heavy atom. The quantitative estimate of drug-likeness (QED) is 0.382. The fraction of sp³-hybridized carbons (Fsp3) is 0.778. The summed E-state index contributed by atoms with van der Waals surface area (Å²) in [5, 5.41) is 8.57. The highest BCUT2D eigenvalue weighted by atomic mass is 16.4. The first-order valence-corrected chi connectivity index (χ1v) is 8.71. The largest absolute Gasteiger partial charge is 0.481 e. The van der Waals surface area contributed by atoms with Gasteiger partial charge in [0.1, 0.15) is 0 Å². The molecule has 4 heteroatoms. The highest BCUT2D eigenvalue weighted by molar-refractivity contribution is 5.87. The number of amides is 1. The van der Waals surface area contributed by atoms with E-state index in [1.807, 2.05) is 6.08 Å². The van der Waals surface area contributed by atoms with Crippen LogP contribution in [0.5, 0.6) is 0 Å². The van der Waals surface area contributed by atoms with Crippen LogP contribution in [0.2, 0.25) is 0 Å². The lowest BCUT2D eigenvalue weighted by molar-refractivity contribution is -0.137. The van der Waals surface area contributed by atoms with E-state index in [-0.39, 0.29) is 18.9 Å². The smallest absolute Gasteiger partial charge is 0.305 e. The second kappa shape index (κ2) is 14.6. The number of hydrogen-bond acceptors (Lipinski definition) is 2. The van der Waals surface area contributed by atoms with Crippen molar-refractivity contribution >= 4 is 11.9 Å². The van der Waals surface area contributed by atoms with Gasteiger partial charge in [-0.3, -0.25) is 9.59 Å². The predicted octanol–water partition coefficient (Wildman–Crippen LogP) is 4.40. The standard InChI is InChI=1S/C18H33NO3/c1-3-4-5-6-7-8-9-10-11-12-13-14-17(20)19(2)16-15-18(21)22/h13-14H,3-12,15-16H2,1-2H3,(H,21,22). The van der Waals surface area contributed by atoms with Gasteiger partial charge in [-0.1, -0.05) is 64.4 Å². The lowest BCUT2D eigenvalue weighted by atomic mass is 10.1. The zero-order chi connectivity index (χ0) is 16.6. The number of carboxylic acid groups (broad SMARTS) is 1. The third-order valence-corrected chi connectivity index (χ3v) is 3.77. The molecule has 0 unspecified atom stereocenters. The van der Waals surface area contributed by atoms with E-state index in [0.29, 0.717) is 0 Å². The molecule has 22 heavy (non-hydrogen) atoms. The SMILES string of the molecule is CCCCCCCCCCCC=CC(=O)N(C)CCC(=O)O. The minimum Gasteiger partial charge on any atom is -0.481 e. The van der Waals surface area contributed by atoms with Gasteiger partial charge in [-0.05, 0) is 18.9 Å². The highest BCUT2D eigenvalue weighted by Gasteiger charge is 2.06. The predicted molar refractivity (Wildman–Crippen MR) is 90.9 cm³/mol. The molecule has 0 aliphatic rings. The van der Waals surface area contributed by atoms with Crippen LogP contribution in [0.1, 0.15) is 77.6 Å². The van der Waals surface area contributed by atoms with Crippen molar-refractivity contribution in [2.75, 3.05) is 13.6 Å². The summed E-state index contributed by atoms with van der Waals surface area (Å²) in [6, 6.07) is 0. The van der Waals surface area contributed by atoms with E-state index in [2.05, 4.69) is 6.92 Å². The number of likely N-dealkylation sites (N-methyl/N-ethyl adjacent to an activating group) is 1. The summed E-state index contributed by atoms with van der Waals surface area (Å²) >= 11 is 0. The van der Waals surface area contributed by atoms with Crippen LogP contribution in [0.25, 0.3) is 0 Å². The molecule has 0 saturated heterocycles. The van der Waals surface area contributed by atoms with Crippen LogP contribution in [-0.2, 0) is 9.59 Å². The fourth-order valence-electron chi connectivity index (χ4n) is 2.26. The van der Waals surface area contributed by atoms with Gasteiger partial charge in [-0.25, -0.2) is 0 Å². The first kappa shape index (κ1) is 20.7. The number of hydrogen-bond donors (Lipinski definition) is 1. The second-order valence-electron chi connectivity index (χ2n) is 5.92. The molecule has 0 aromatic rings. The van der Waals surface area contributed by atoms with Gasteiger partial charge in [0.05, 0.1) is 6.42 Å². The van der Waals surface area contributed by atoms with Crippen molar-refractivity contribution < 1.29 is 14.7 Å². The van der Waals surface area contributed by atoms with E-state index in [0.717, 1.165) is 12.8 Å². The zero-order valence-electron chi connectivity index (χ0n) is 14.4. The maximum atomic E-state index is 11.7. The molecule has 0 radical (unpaired) electrons. The molecule has 0 saturated carbocycles. The Balaban J connectivity index is 3.46. The van der Waals surface area contributed by atoms with E-state index in [1.165, 1.54) is 56.3 Å². The van der Waals surface area contributed by atoms with Gasteiger partial charge in [-0.2, -0.15) is 0 Å². The van der Waals surface area contributed by atoms with Gasteiger partial charge >= 0.3 is 5.97 Å². The minimum absolute atomic E-state index is 0.00562. The molecule has 4 nitrogen and oxygen atoms in total. The number of allylic oxidation sites excluding steroid dienone is 1. The van der Waals surface area contributed by atoms with Gasteiger partial charge in [0.15, 0.2) is 0 Å². The lowest BCUT2D eigenvalue weighted by Gasteiger charge is -2.13. The molecule has 1 amide bonds. The maximum absolute atomic E-state index is 11.7. The van der Waals surface area contributed by atoms with Crippen molar-refractivity contribution in [2.45, 2.75) is 77.6 Å². The van der Waals surface area contributed by atoms with Crippen molar-refractivity contribution in [3.8, 4) is 0 Å². The number of unbranched alkanes of at least 4 members (excludes halogenated alkanes) is 9. The van der Waals surface area contributed by atoms with E-state index < -0.39 is 5.97 Å². The van der Waals surface area contributed by atoms with Crippen LogP contribution in [0.3, 0.4) is 0 Å². The molecule has 1 N–H and O–H groups in total. The summed E-state index contributed by atoms with van der Waals surface area (Å²) in [4.78, 5) is 23.5. The normalized spacial score (nSPS) is 11.0. The second-order valence-corrected chi connectivity index (χ2v) is 5.92. The van der Waals surface area contributed by atoms with Crippen LogP contribution in [-0.4, -0.2) is 35.5 Å². The van der Waals surface area contributed by atoms with E-state index >= 15 is 0 Å². The first-order chi connectivity index (χ1) is 10.6. The van der Waals surface area contributed by atoms with Crippen molar-refractivity contribution in [2.24, 2.45) is 0 Å². The Bertz CT molecular complexity index is 326. The van der Waals surface area contributed by atoms with Crippen molar-refractivity contribution in [1.29, 1.82) is 0 Å². The van der Waals surface area contributed by atoms with Crippen LogP contribution in [0.4, 0.5) is 0 Å². The topological polar surface area (TPSA) is 57.6 Å². The Kier molecular flexibility index (Phi) is 13.7. The third-order valence-electron chi connectivity index (χ3n) is 3.77. The minimum atomic E-state index is -0.877. The number of carbonyl (C=O) groups is 2. The summed E-state index contributed by atoms with van der Waals surface area (Å²) in [6.07, 6.45) is 16.1. The average molecular weight is 311 g/mol. The van der Waals surface area contributed by atoms with E-state index in [4.69, 9.17) is 5.11 Å². The molecule has 0 aliphatic heterocycles. The molecular formula is C18H33NO3. The number of carbonyl (C=O) groups excluding carboxylic acids is 1. The van der Waals surface area contributed by atoms with E-state index in [9.17, 15) is 9.59 Å². The van der Waals surface area contributed by atoms with Crippen LogP contribution in [0, 0.1) is 0 Å². The number of nitrogens with zero attached hydrogens (tertiary/aromatic N) is 1. The van der Waals surface area contributed by atoms with Crippen molar-refractivity contribution in [3.05, 3.63) is 12.2 Å². The van der Waals surface area contributed by atoms with Gasteiger partial charge in [0, 0.05) is 13.6 Å². The Morgan fingerprint density at radius 3 is 2.05 bits per heavy atom. The van der Waals surface area contributed by atoms with Crippen molar-refractivity contribution in [1.82, 2.24) is 4.90 Å². The zero-order valence-corrected chi connectivity index (χ0v) is 14.4. The van der Waals surface area contributed by atoms with Gasteiger partial charge in [0.25, 0.3) is 0 Å². The molecule has 0 fully saturated rings. The number of carboxylic acids is 1. The number of rotatable bonds is 14. The summed E-state index contributed by atoms with van der Waals surface area (Å²) in [5.41, 5.74) is 0. The molecule has 0 aliphatic carbocycles. The monoisotopic (exact) mass is 311 g/mol. The molecule has 0 aromatic heterocycles. The molecule has 0 rings (SSSR count). The molecule has 0 aromatic carbocycles. The van der Waals surface area contributed by atoms with Crippen LogP contribution in [0.15, 0.2) is 12.2 Å². The van der Waals surface area contributed by atoms with Crippen LogP contribution >= 0.6 is 0 Å². The molecule has 0 bridgehead atoms. The van der Waals surface area contributed by atoms with Crippen LogP contribution < -0.4 is 0 Å². The number of aliphatic carboxylic acids is 1. The molecule has 0 atom stereocenters. The maximum Gasteiger partial charge on any atom is 0.305 e. The fourth-order valence-corrected chi connectivity index (χ4v) is 2.26. The molecule has 0 spiro atoms. The highest BCUT2D eigenvalue weighted by Crippen LogP contribution is 2.10. The van der Waals surface area contributed by atoms with E-state index in [1.54, 1.807) is 13.1 Å². The molecule has 0 heterocycles. The van der Waals surface area contributed by atoms with Gasteiger partial charge in [0.2, 0.25) is 5.91 Å². The molecule has 128 valence electrons. The summed E-state index contributed by atoms with van der Waals surface area (Å²) < 4.78 is 0. The lowest BCUT2D eigenvalue weighted by Crippen LogP contribution is -2.27. The van der Waals surface area contributed by atoms with Gasteiger partial charge in [-0.15, -0.1) is 0 Å². The summed E-state index contributed by atoms with van der Waals surface area (Å²) in [5.74, 6) is -0.990. The third kappa shape index (κ3) is 13.7.